The number of nitrogen functional groups attached to an aromatic ring is 2. The van der Waals surface area contributed by atoms with E-state index in [1.54, 1.807) is 113 Å². The Hall–Kier alpha value is -10.4. The number of aromatic nitrogens is 3. The van der Waals surface area contributed by atoms with Gasteiger partial charge in [0.25, 0.3) is 20.0 Å². The maximum Gasteiger partial charge on any atom is 0.345 e. The number of primary sulfonamides is 2. The van der Waals surface area contributed by atoms with Crippen LogP contribution in [0.5, 0.6) is 0 Å². The summed E-state index contributed by atoms with van der Waals surface area (Å²) in [5.74, 6) is -2.14. The molecule has 3 unspecified atom stereocenters. The lowest BCUT2D eigenvalue weighted by Crippen LogP contribution is -2.46. The zero-order valence-electron chi connectivity index (χ0n) is 63.2. The van der Waals surface area contributed by atoms with Gasteiger partial charge in [0, 0.05) is 30.0 Å². The number of rotatable bonds is 19. The fourth-order valence-electron chi connectivity index (χ4n) is 12.7. The SMILES string of the molecule is CC(C)CCC1(C)C(=O)C(C2=NS(=O)(=O)c3cc(NS(C)(=O)=O)ccc3N2)=C(O)c2cccn21.CC(C)CCC1(C)C(=O)C(C2=NS(=O)(=O)c3ccccc3N2)=C(O)c2cccn21.CCOC(=O)C1=C(O)c2cccn2C(C)(CCC(C)C)C1=O.CS(=O)(=O)Nc1ccc(N)c(S(N)(=O)=O)c1.Nc1ccccc1S(N)(=O)=O. The number of nitrogens with two attached hydrogens (primary N) is 4. The lowest BCUT2D eigenvalue weighted by molar-refractivity contribution is -0.141. The van der Waals surface area contributed by atoms with Crippen LogP contribution in [0.1, 0.15) is 125 Å². The number of nitrogens with one attached hydrogen (secondary N) is 4. The normalized spacial score (nSPS) is 19.5. The Morgan fingerprint density at radius 1 is 0.509 bits per heavy atom. The number of aliphatic hydroxyl groups excluding tert-OH is 3. The van der Waals surface area contributed by atoms with E-state index in [9.17, 15) is 85.0 Å². The fourth-order valence-corrected chi connectivity index (χ4v) is 17.4. The molecule has 12 rings (SSSR count). The first kappa shape index (κ1) is 87.2. The Balaban J connectivity index is 0.000000184. The van der Waals surface area contributed by atoms with Crippen LogP contribution >= 0.6 is 0 Å². The Morgan fingerprint density at radius 3 is 1.29 bits per heavy atom. The largest absolute Gasteiger partial charge is 0.505 e. The number of fused-ring (bicyclic) bond motifs is 5. The molecule has 0 radical (unpaired) electrons. The lowest BCUT2D eigenvalue weighted by Gasteiger charge is -2.37. The van der Waals surface area contributed by atoms with Crippen LogP contribution in [-0.4, -0.2) is 134 Å². The molecule has 8 heterocycles. The molecule has 0 saturated carbocycles. The zero-order valence-corrected chi connectivity index (χ0v) is 68.1. The number of para-hydroxylation sites is 2. The molecule has 5 aliphatic heterocycles. The molecule has 33 nitrogen and oxygen atoms in total. The van der Waals surface area contributed by atoms with E-state index in [1.165, 1.54) is 42.5 Å². The predicted octanol–water partition coefficient (Wildman–Crippen LogP) is 9.04. The molecular formula is C73H91N13O20S6. The third-order valence-electron chi connectivity index (χ3n) is 18.5. The van der Waals surface area contributed by atoms with Crippen molar-refractivity contribution in [2.45, 2.75) is 144 Å². The first-order valence-electron chi connectivity index (χ1n) is 34.7. The number of carbonyl (C=O) groups is 4. The van der Waals surface area contributed by atoms with Gasteiger partial charge in [-0.15, -0.1) is 8.80 Å². The summed E-state index contributed by atoms with van der Waals surface area (Å²) in [6.45, 7) is 19.7. The van der Waals surface area contributed by atoms with Crippen LogP contribution < -0.4 is 41.8 Å². The van der Waals surface area contributed by atoms with Crippen molar-refractivity contribution in [2.24, 2.45) is 36.8 Å². The summed E-state index contributed by atoms with van der Waals surface area (Å²) in [5, 5.41) is 47.7. The topological polar surface area (TPSA) is 535 Å². The molecule has 39 heteroatoms. The molecule has 3 aromatic heterocycles. The molecule has 7 aromatic rings. The molecule has 15 N–H and O–H groups in total. The highest BCUT2D eigenvalue weighted by Gasteiger charge is 2.50. The highest BCUT2D eigenvalue weighted by Crippen LogP contribution is 2.44. The van der Waals surface area contributed by atoms with Gasteiger partial charge in [-0.25, -0.2) is 48.7 Å². The quantitative estimate of drug-likeness (QED) is 0.0204. The van der Waals surface area contributed by atoms with Crippen LogP contribution in [0.3, 0.4) is 0 Å². The highest BCUT2D eigenvalue weighted by atomic mass is 32.2. The van der Waals surface area contributed by atoms with E-state index in [0.717, 1.165) is 43.9 Å². The number of sulfonamides is 6. The van der Waals surface area contributed by atoms with Crippen LogP contribution in [0.15, 0.2) is 185 Å². The molecule has 0 aliphatic carbocycles. The monoisotopic (exact) mass is 1660 g/mol. The van der Waals surface area contributed by atoms with Gasteiger partial charge in [0.1, 0.15) is 52.9 Å². The Labute approximate surface area is 651 Å². The number of benzene rings is 4. The number of ketones is 3. The van der Waals surface area contributed by atoms with E-state index in [0.29, 0.717) is 59.8 Å². The minimum absolute atomic E-state index is 0.0278. The molecule has 0 spiro atoms. The molecule has 3 atom stereocenters. The predicted molar refractivity (Wildman–Crippen MR) is 428 cm³/mol. The molecule has 0 amide bonds. The van der Waals surface area contributed by atoms with Crippen molar-refractivity contribution >= 4 is 147 Å². The first-order valence-corrected chi connectivity index (χ1v) is 44.5. The van der Waals surface area contributed by atoms with Gasteiger partial charge in [-0.3, -0.25) is 23.8 Å². The molecule has 604 valence electrons. The molecule has 0 bridgehead atoms. The number of Topliss-reactive ketones (excluding diaryl/α,β-unsaturated/α-hetero) is 3. The molecule has 5 aliphatic rings. The van der Waals surface area contributed by atoms with Crippen LogP contribution in [0, 0.1) is 17.8 Å². The molecule has 0 fully saturated rings. The molecule has 112 heavy (non-hydrogen) atoms. The van der Waals surface area contributed by atoms with Gasteiger partial charge in [0.05, 0.1) is 58.9 Å². The van der Waals surface area contributed by atoms with E-state index < -0.39 is 88.5 Å². The average Bonchev–Trinajstić information content (AvgIpc) is 1.33. The number of amidine groups is 2. The highest BCUT2D eigenvalue weighted by molar-refractivity contribution is 7.92. The maximum absolute atomic E-state index is 13.7. The number of aliphatic hydroxyl groups is 3. The van der Waals surface area contributed by atoms with Crippen molar-refractivity contribution in [3.63, 3.8) is 0 Å². The summed E-state index contributed by atoms with van der Waals surface area (Å²) < 4.78 is 162. The van der Waals surface area contributed by atoms with E-state index in [1.807, 2.05) is 27.7 Å². The number of ether oxygens (including phenoxy) is 1. The first-order chi connectivity index (χ1) is 51.8. The van der Waals surface area contributed by atoms with Crippen molar-refractivity contribution in [3.05, 3.63) is 174 Å². The van der Waals surface area contributed by atoms with E-state index in [4.69, 9.17) is 26.5 Å². The summed E-state index contributed by atoms with van der Waals surface area (Å²) in [7, 11) is -23.0. The second-order valence-corrected chi connectivity index (χ2v) is 38.4. The number of anilines is 6. The van der Waals surface area contributed by atoms with Gasteiger partial charge < -0.3 is 55.9 Å². The third-order valence-corrected chi connectivity index (χ3v) is 24.3. The number of hydrogen-bond acceptors (Lipinski definition) is 24. The van der Waals surface area contributed by atoms with Gasteiger partial charge in [0.15, 0.2) is 46.3 Å². The van der Waals surface area contributed by atoms with E-state index >= 15 is 0 Å². The summed E-state index contributed by atoms with van der Waals surface area (Å²) in [6.07, 6.45) is 11.2. The average molecular weight is 1660 g/mol. The molecule has 0 saturated heterocycles. The van der Waals surface area contributed by atoms with Gasteiger partial charge in [-0.05, 0) is 181 Å². The van der Waals surface area contributed by atoms with Crippen molar-refractivity contribution in [3.8, 4) is 0 Å². The van der Waals surface area contributed by atoms with Crippen LogP contribution in [0.2, 0.25) is 0 Å². The fraction of sp³-hybridized carbons (Fsp3) is 0.342. The lowest BCUT2D eigenvalue weighted by atomic mass is 9.80. The minimum atomic E-state index is -4.31. The summed E-state index contributed by atoms with van der Waals surface area (Å²) in [5.41, 5.74) is 9.40. The van der Waals surface area contributed by atoms with Gasteiger partial charge in [0.2, 0.25) is 40.1 Å². The smallest absolute Gasteiger partial charge is 0.345 e. The standard InChI is InChI=1S/C22H26N4O6S2.C21H23N3O4S.C17H23NO4.C7H11N3O4S2.C6H8N2O2S/c1-13(2)9-10-22(3)20(28)18(19(27)16-6-5-11-26(16)22)21-23-15-8-7-14(24-33(4,29)30)12-17(15)34(31,32)25-21;1-13(2)10-11-21(3)19(26)17(18(25)15-8-6-12-24(15)21)20-22-14-7-4-5-9-16(14)29(27,28)23-20;1-5-22-16(21)13-14(19)12-7-6-10-18(12)17(4,15(13)20)9-8-11(2)3;1-15(11,12)10-5-2-3-6(8)7(4-5)16(9,13)14;7-5-3-1-2-4-6(5)11(8,9)10/h5-8,11-13,24,27H,9-10H2,1-4H3,(H,23,25);4-9,12-13,25H,10-11H2,1-3H3,(H,22,23);6-7,10-11,19H,5,8-9H2,1-4H3;2-4,10H,8H2,1H3,(H2,9,13,14);1-4H,7H2,(H2,8,9,10). The molecular weight excluding hydrogens is 1570 g/mol. The summed E-state index contributed by atoms with van der Waals surface area (Å²) >= 11 is 0. The summed E-state index contributed by atoms with van der Waals surface area (Å²) in [6, 6.07) is 30.3. The van der Waals surface area contributed by atoms with E-state index in [-0.39, 0.29) is 112 Å². The van der Waals surface area contributed by atoms with Crippen molar-refractivity contribution in [2.75, 3.05) is 50.7 Å². The number of hydrogen-bond donors (Lipinski definition) is 11. The Morgan fingerprint density at radius 2 is 0.884 bits per heavy atom. The van der Waals surface area contributed by atoms with E-state index in [2.05, 4.69) is 56.6 Å². The number of esters is 1. The van der Waals surface area contributed by atoms with Gasteiger partial charge in [-0.1, -0.05) is 65.8 Å². The summed E-state index contributed by atoms with van der Waals surface area (Å²) in [4.78, 5) is 51.8. The van der Waals surface area contributed by atoms with Crippen molar-refractivity contribution in [1.29, 1.82) is 0 Å². The van der Waals surface area contributed by atoms with Crippen molar-refractivity contribution < 1.29 is 89.7 Å². The van der Waals surface area contributed by atoms with Crippen LogP contribution in [0.4, 0.5) is 34.1 Å². The van der Waals surface area contributed by atoms with Crippen LogP contribution in [-0.2, 0) is 101 Å². The third kappa shape index (κ3) is 19.2. The Kier molecular flexibility index (Phi) is 25.8. The maximum atomic E-state index is 13.7. The second kappa shape index (κ2) is 33.1. The number of carbonyl (C=O) groups excluding carboxylic acids is 4. The van der Waals surface area contributed by atoms with Crippen LogP contribution in [0.25, 0.3) is 17.3 Å². The molecule has 4 aromatic carbocycles. The second-order valence-electron chi connectivity index (χ2n) is 28.7. The van der Waals surface area contributed by atoms with Gasteiger partial charge >= 0.3 is 5.97 Å². The number of nitrogens with zero attached hydrogens (tertiary/aromatic N) is 5. The Bertz CT molecular complexity index is 5800. The minimum Gasteiger partial charge on any atom is -0.505 e. The zero-order chi connectivity index (χ0) is 83.6. The van der Waals surface area contributed by atoms with Crippen molar-refractivity contribution in [1.82, 2.24) is 13.7 Å². The van der Waals surface area contributed by atoms with Gasteiger partial charge in [-0.2, -0.15) is 16.8 Å².